The SMILES string of the molecule is CCOC(=O)c1c(/C=C(/C(=O)O)c2ccsc2)c2c(Cl)cc(Cl)cc2n1S(=O)(=O)c1ccc(C)cc1. The van der Waals surface area contributed by atoms with Crippen molar-refractivity contribution in [3.63, 3.8) is 0 Å². The Morgan fingerprint density at radius 2 is 1.83 bits per heavy atom. The summed E-state index contributed by atoms with van der Waals surface area (Å²) >= 11 is 14.0. The van der Waals surface area contributed by atoms with Crippen LogP contribution in [0.3, 0.4) is 0 Å². The number of carbonyl (C=O) groups is 2. The molecule has 0 amide bonds. The van der Waals surface area contributed by atoms with E-state index in [9.17, 15) is 23.1 Å². The third-order valence-corrected chi connectivity index (χ3v) is 8.29. The molecule has 0 fully saturated rings. The Hall–Kier alpha value is -3.11. The van der Waals surface area contributed by atoms with Crippen molar-refractivity contribution >= 4 is 79.1 Å². The van der Waals surface area contributed by atoms with Gasteiger partial charge in [0.15, 0.2) is 5.69 Å². The van der Waals surface area contributed by atoms with Crippen LogP contribution >= 0.6 is 34.5 Å². The summed E-state index contributed by atoms with van der Waals surface area (Å²) in [6.45, 7) is 3.34. The number of halogens is 2. The zero-order chi connectivity index (χ0) is 26.2. The first kappa shape index (κ1) is 26.0. The first-order valence-corrected chi connectivity index (χ1v) is 13.7. The lowest BCUT2D eigenvalue weighted by molar-refractivity contribution is -0.130. The van der Waals surface area contributed by atoms with Crippen molar-refractivity contribution < 1.29 is 27.9 Å². The van der Waals surface area contributed by atoms with Crippen LogP contribution in [-0.4, -0.2) is 36.0 Å². The first-order valence-electron chi connectivity index (χ1n) is 10.6. The van der Waals surface area contributed by atoms with Crippen molar-refractivity contribution in [1.82, 2.24) is 3.97 Å². The zero-order valence-electron chi connectivity index (χ0n) is 19.0. The second-order valence-electron chi connectivity index (χ2n) is 7.72. The average molecular weight is 564 g/mol. The molecule has 4 aromatic rings. The fourth-order valence-corrected chi connectivity index (χ4v) is 6.51. The van der Waals surface area contributed by atoms with Crippen molar-refractivity contribution in [2.45, 2.75) is 18.7 Å². The minimum atomic E-state index is -4.37. The van der Waals surface area contributed by atoms with Gasteiger partial charge in [0.2, 0.25) is 0 Å². The summed E-state index contributed by atoms with van der Waals surface area (Å²) in [7, 11) is -4.37. The van der Waals surface area contributed by atoms with Gasteiger partial charge in [-0.1, -0.05) is 40.9 Å². The third-order valence-electron chi connectivity index (χ3n) is 5.36. The van der Waals surface area contributed by atoms with Gasteiger partial charge in [-0.2, -0.15) is 11.3 Å². The Bertz CT molecular complexity index is 1620. The Morgan fingerprint density at radius 3 is 2.42 bits per heavy atom. The number of fused-ring (bicyclic) bond motifs is 1. The fraction of sp³-hybridized carbons (Fsp3) is 0.120. The number of carboxylic acid groups (broad SMARTS) is 1. The fourth-order valence-electron chi connectivity index (χ4n) is 3.76. The number of aliphatic carboxylic acids is 1. The van der Waals surface area contributed by atoms with Crippen LogP contribution in [-0.2, 0) is 19.6 Å². The van der Waals surface area contributed by atoms with Gasteiger partial charge in [-0.05, 0) is 66.6 Å². The lowest BCUT2D eigenvalue weighted by atomic mass is 10.0. The molecule has 2 aromatic carbocycles. The van der Waals surface area contributed by atoms with E-state index in [2.05, 4.69) is 0 Å². The molecule has 0 bridgehead atoms. The summed E-state index contributed by atoms with van der Waals surface area (Å²) in [6, 6.07) is 10.5. The van der Waals surface area contributed by atoms with Crippen LogP contribution in [0.2, 0.25) is 10.0 Å². The number of carbonyl (C=O) groups excluding carboxylic acids is 1. The monoisotopic (exact) mass is 563 g/mol. The molecule has 2 heterocycles. The van der Waals surface area contributed by atoms with Crippen LogP contribution in [0.1, 0.15) is 34.1 Å². The van der Waals surface area contributed by atoms with Gasteiger partial charge in [-0.3, -0.25) is 0 Å². The second kappa shape index (κ2) is 10.1. The predicted octanol–water partition coefficient (Wildman–Crippen LogP) is 6.36. The summed E-state index contributed by atoms with van der Waals surface area (Å²) in [4.78, 5) is 25.4. The Balaban J connectivity index is 2.19. The lowest BCUT2D eigenvalue weighted by Gasteiger charge is -2.12. The molecule has 1 N–H and O–H groups in total. The van der Waals surface area contributed by atoms with E-state index < -0.39 is 22.0 Å². The van der Waals surface area contributed by atoms with Gasteiger partial charge in [0.25, 0.3) is 10.0 Å². The summed E-state index contributed by atoms with van der Waals surface area (Å²) in [5, 5.41) is 13.6. The summed E-state index contributed by atoms with van der Waals surface area (Å²) < 4.78 is 33.9. The molecule has 0 spiro atoms. The number of esters is 1. The lowest BCUT2D eigenvalue weighted by Crippen LogP contribution is -2.20. The summed E-state index contributed by atoms with van der Waals surface area (Å²) in [6.07, 6.45) is 1.24. The van der Waals surface area contributed by atoms with Gasteiger partial charge in [0.1, 0.15) is 0 Å². The molecule has 36 heavy (non-hydrogen) atoms. The third kappa shape index (κ3) is 4.67. The minimum Gasteiger partial charge on any atom is -0.478 e. The van der Waals surface area contributed by atoms with E-state index in [0.717, 1.165) is 9.54 Å². The van der Waals surface area contributed by atoms with E-state index in [0.29, 0.717) is 5.56 Å². The molecule has 0 aliphatic heterocycles. The molecule has 11 heteroatoms. The molecule has 0 saturated carbocycles. The normalized spacial score (nSPS) is 12.2. The molecular formula is C25H19Cl2NO6S2. The van der Waals surface area contributed by atoms with Crippen molar-refractivity contribution in [3.8, 4) is 0 Å². The minimum absolute atomic E-state index is 0.00981. The quantitative estimate of drug-likeness (QED) is 0.207. The largest absolute Gasteiger partial charge is 0.478 e. The molecule has 7 nitrogen and oxygen atoms in total. The summed E-state index contributed by atoms with van der Waals surface area (Å²) in [5.41, 5.74) is 0.690. The molecular weight excluding hydrogens is 545 g/mol. The number of ether oxygens (including phenoxy) is 1. The van der Waals surface area contributed by atoms with Crippen molar-refractivity contribution in [2.75, 3.05) is 6.61 Å². The van der Waals surface area contributed by atoms with Crippen LogP contribution in [0.15, 0.2) is 58.1 Å². The van der Waals surface area contributed by atoms with Gasteiger partial charge in [-0.15, -0.1) is 0 Å². The van der Waals surface area contributed by atoms with E-state index >= 15 is 0 Å². The number of thiophene rings is 1. The highest BCUT2D eigenvalue weighted by Crippen LogP contribution is 2.39. The van der Waals surface area contributed by atoms with Gasteiger partial charge in [0, 0.05) is 16.0 Å². The van der Waals surface area contributed by atoms with E-state index in [-0.39, 0.29) is 49.3 Å². The van der Waals surface area contributed by atoms with Gasteiger partial charge < -0.3 is 9.84 Å². The standard InChI is InChI=1S/C25H19Cl2NO6S2/c1-3-34-25(31)23-19(12-18(24(29)30)15-8-9-35-13-15)22-20(27)10-16(26)11-21(22)28(23)36(32,33)17-6-4-14(2)5-7-17/h4-13H,3H2,1-2H3,(H,29,30)/b18-12+. The maximum atomic E-state index is 13.9. The highest BCUT2D eigenvalue weighted by molar-refractivity contribution is 7.90. The molecule has 0 saturated heterocycles. The number of aromatic nitrogens is 1. The first-order chi connectivity index (χ1) is 17.1. The number of nitrogens with zero attached hydrogens (tertiary/aromatic N) is 1. The molecule has 0 aliphatic carbocycles. The van der Waals surface area contributed by atoms with Crippen LogP contribution < -0.4 is 0 Å². The summed E-state index contributed by atoms with van der Waals surface area (Å²) in [5.74, 6) is -2.23. The predicted molar refractivity (Wildman–Crippen MR) is 142 cm³/mol. The van der Waals surface area contributed by atoms with E-state index in [1.54, 1.807) is 35.9 Å². The number of rotatable bonds is 7. The van der Waals surface area contributed by atoms with Crippen molar-refractivity contribution in [1.29, 1.82) is 0 Å². The van der Waals surface area contributed by atoms with E-state index in [1.807, 2.05) is 6.92 Å². The smallest absolute Gasteiger partial charge is 0.356 e. The molecule has 0 radical (unpaired) electrons. The molecule has 186 valence electrons. The van der Waals surface area contributed by atoms with Crippen LogP contribution in [0.5, 0.6) is 0 Å². The highest BCUT2D eigenvalue weighted by atomic mass is 35.5. The number of aryl methyl sites for hydroxylation is 1. The number of carboxylic acids is 1. The zero-order valence-corrected chi connectivity index (χ0v) is 22.1. The van der Waals surface area contributed by atoms with Gasteiger partial charge in [-0.25, -0.2) is 22.0 Å². The number of benzene rings is 2. The Morgan fingerprint density at radius 1 is 1.14 bits per heavy atom. The van der Waals surface area contributed by atoms with Crippen LogP contribution in [0, 0.1) is 6.92 Å². The maximum Gasteiger partial charge on any atom is 0.356 e. The van der Waals surface area contributed by atoms with Crippen LogP contribution in [0.4, 0.5) is 0 Å². The molecule has 2 aromatic heterocycles. The Labute approximate surface area is 221 Å². The van der Waals surface area contributed by atoms with Crippen molar-refractivity contribution in [3.05, 3.63) is 85.7 Å². The Kier molecular flexibility index (Phi) is 7.28. The van der Waals surface area contributed by atoms with E-state index in [1.165, 1.54) is 41.7 Å². The van der Waals surface area contributed by atoms with E-state index in [4.69, 9.17) is 27.9 Å². The molecule has 4 rings (SSSR count). The maximum absolute atomic E-state index is 13.9. The number of hydrogen-bond acceptors (Lipinski definition) is 6. The highest BCUT2D eigenvalue weighted by Gasteiger charge is 2.33. The second-order valence-corrected chi connectivity index (χ2v) is 11.1. The molecule has 0 aliphatic rings. The number of hydrogen-bond donors (Lipinski definition) is 1. The average Bonchev–Trinajstić information content (AvgIpc) is 3.44. The molecule has 0 atom stereocenters. The van der Waals surface area contributed by atoms with Gasteiger partial charge >= 0.3 is 11.9 Å². The van der Waals surface area contributed by atoms with Gasteiger partial charge in [0.05, 0.1) is 27.6 Å². The molecule has 0 unspecified atom stereocenters. The van der Waals surface area contributed by atoms with Crippen molar-refractivity contribution in [2.24, 2.45) is 0 Å². The van der Waals surface area contributed by atoms with Crippen LogP contribution in [0.25, 0.3) is 22.6 Å². The topological polar surface area (TPSA) is 103 Å².